The van der Waals surface area contributed by atoms with Crippen LogP contribution in [-0.2, 0) is 9.53 Å². The zero-order valence-electron chi connectivity index (χ0n) is 10.5. The van der Waals surface area contributed by atoms with Crippen LogP contribution >= 0.6 is 0 Å². The molecule has 1 heterocycles. The van der Waals surface area contributed by atoms with Crippen LogP contribution in [0, 0.1) is 6.92 Å². The lowest BCUT2D eigenvalue weighted by Gasteiger charge is -2.19. The number of amides is 1. The van der Waals surface area contributed by atoms with Crippen LogP contribution in [0.25, 0.3) is 0 Å². The standard InChI is InChI=1S/C10H18N4O4/c1-8-12-13-10(18-8)11-9(16)7-14(3-5-15)4-6-17-2/h15H,3-7H2,1-2H3,(H,11,13,16). The maximum Gasteiger partial charge on any atom is 0.322 e. The first-order valence-corrected chi connectivity index (χ1v) is 5.57. The third-order valence-electron chi connectivity index (χ3n) is 2.17. The number of carbonyl (C=O) groups is 1. The van der Waals surface area contributed by atoms with Gasteiger partial charge in [-0.1, -0.05) is 5.10 Å². The molecular weight excluding hydrogens is 240 g/mol. The van der Waals surface area contributed by atoms with Crippen LogP contribution in [-0.4, -0.2) is 66.1 Å². The number of rotatable bonds is 8. The van der Waals surface area contributed by atoms with Gasteiger partial charge in [0.05, 0.1) is 19.8 Å². The number of anilines is 1. The molecule has 1 amide bonds. The molecule has 0 aromatic carbocycles. The molecule has 0 unspecified atom stereocenters. The number of aliphatic hydroxyl groups excluding tert-OH is 1. The van der Waals surface area contributed by atoms with Crippen LogP contribution in [0.4, 0.5) is 6.01 Å². The summed E-state index contributed by atoms with van der Waals surface area (Å²) in [4.78, 5) is 13.4. The van der Waals surface area contributed by atoms with Crippen molar-refractivity contribution in [2.45, 2.75) is 6.92 Å². The summed E-state index contributed by atoms with van der Waals surface area (Å²) in [6.07, 6.45) is 0. The summed E-state index contributed by atoms with van der Waals surface area (Å²) in [5.41, 5.74) is 0. The Morgan fingerprint density at radius 2 is 2.28 bits per heavy atom. The van der Waals surface area contributed by atoms with E-state index < -0.39 is 0 Å². The highest BCUT2D eigenvalue weighted by atomic mass is 16.5. The minimum absolute atomic E-state index is 0.0172. The number of ether oxygens (including phenoxy) is 1. The monoisotopic (exact) mass is 258 g/mol. The summed E-state index contributed by atoms with van der Waals surface area (Å²) in [6, 6.07) is 0.0770. The summed E-state index contributed by atoms with van der Waals surface area (Å²) in [5.74, 6) is 0.111. The number of aryl methyl sites for hydroxylation is 1. The molecule has 102 valence electrons. The Bertz CT molecular complexity index is 369. The van der Waals surface area contributed by atoms with Gasteiger partial charge in [-0.05, 0) is 0 Å². The van der Waals surface area contributed by atoms with Crippen LogP contribution in [0.2, 0.25) is 0 Å². The quantitative estimate of drug-likeness (QED) is 0.633. The fraction of sp³-hybridized carbons (Fsp3) is 0.700. The molecule has 0 saturated heterocycles. The smallest absolute Gasteiger partial charge is 0.322 e. The number of hydrogen-bond acceptors (Lipinski definition) is 7. The fourth-order valence-electron chi connectivity index (χ4n) is 1.34. The third kappa shape index (κ3) is 5.21. The van der Waals surface area contributed by atoms with E-state index in [0.29, 0.717) is 25.6 Å². The van der Waals surface area contributed by atoms with E-state index in [0.717, 1.165) is 0 Å². The third-order valence-corrected chi connectivity index (χ3v) is 2.17. The number of carbonyl (C=O) groups excluding carboxylic acids is 1. The van der Waals surface area contributed by atoms with Gasteiger partial charge < -0.3 is 14.3 Å². The molecule has 1 aromatic rings. The van der Waals surface area contributed by atoms with Crippen LogP contribution in [0.3, 0.4) is 0 Å². The molecule has 0 aliphatic heterocycles. The van der Waals surface area contributed by atoms with Gasteiger partial charge in [-0.15, -0.1) is 5.10 Å². The average Bonchev–Trinajstić information content (AvgIpc) is 2.71. The molecule has 0 aliphatic carbocycles. The molecule has 8 nitrogen and oxygen atoms in total. The van der Waals surface area contributed by atoms with E-state index in [1.165, 1.54) is 0 Å². The molecule has 0 bridgehead atoms. The van der Waals surface area contributed by atoms with E-state index in [-0.39, 0.29) is 25.1 Å². The van der Waals surface area contributed by atoms with E-state index in [2.05, 4.69) is 15.5 Å². The Morgan fingerprint density at radius 1 is 1.50 bits per heavy atom. The molecule has 1 rings (SSSR count). The van der Waals surface area contributed by atoms with Crippen LogP contribution in [0.5, 0.6) is 0 Å². The molecular formula is C10H18N4O4. The van der Waals surface area contributed by atoms with Crippen LogP contribution < -0.4 is 5.32 Å². The second-order valence-corrected chi connectivity index (χ2v) is 3.67. The van der Waals surface area contributed by atoms with E-state index in [9.17, 15) is 4.79 Å². The lowest BCUT2D eigenvalue weighted by molar-refractivity contribution is -0.117. The molecule has 0 atom stereocenters. The van der Waals surface area contributed by atoms with Crippen LogP contribution in [0.1, 0.15) is 5.89 Å². The highest BCUT2D eigenvalue weighted by Crippen LogP contribution is 2.03. The largest absolute Gasteiger partial charge is 0.408 e. The zero-order valence-corrected chi connectivity index (χ0v) is 10.5. The number of aliphatic hydroxyl groups is 1. The van der Waals surface area contributed by atoms with Crippen molar-refractivity contribution in [3.63, 3.8) is 0 Å². The Labute approximate surface area is 105 Å². The van der Waals surface area contributed by atoms with Gasteiger partial charge in [0, 0.05) is 27.1 Å². The first-order chi connectivity index (χ1) is 8.65. The van der Waals surface area contributed by atoms with Gasteiger partial charge in [0.1, 0.15) is 0 Å². The number of hydrogen-bond donors (Lipinski definition) is 2. The molecule has 0 radical (unpaired) electrons. The molecule has 0 saturated carbocycles. The Balaban J connectivity index is 2.40. The molecule has 2 N–H and O–H groups in total. The van der Waals surface area contributed by atoms with Gasteiger partial charge in [0.15, 0.2) is 0 Å². The Hall–Kier alpha value is -1.51. The predicted octanol–water partition coefficient (Wildman–Crippen LogP) is -0.743. The summed E-state index contributed by atoms with van der Waals surface area (Å²) < 4.78 is 9.96. The number of aromatic nitrogens is 2. The SMILES string of the molecule is COCCN(CCO)CC(=O)Nc1nnc(C)o1. The minimum Gasteiger partial charge on any atom is -0.408 e. The van der Waals surface area contributed by atoms with E-state index in [4.69, 9.17) is 14.3 Å². The van der Waals surface area contributed by atoms with Gasteiger partial charge in [-0.3, -0.25) is 15.0 Å². The van der Waals surface area contributed by atoms with E-state index >= 15 is 0 Å². The highest BCUT2D eigenvalue weighted by molar-refractivity contribution is 5.90. The van der Waals surface area contributed by atoms with Gasteiger partial charge >= 0.3 is 6.01 Å². The van der Waals surface area contributed by atoms with E-state index in [1.807, 2.05) is 0 Å². The summed E-state index contributed by atoms with van der Waals surface area (Å²) in [7, 11) is 1.58. The van der Waals surface area contributed by atoms with Gasteiger partial charge in [-0.2, -0.15) is 0 Å². The van der Waals surface area contributed by atoms with Crippen molar-refractivity contribution in [1.29, 1.82) is 0 Å². The Kier molecular flexibility index (Phi) is 6.26. The van der Waals surface area contributed by atoms with Crippen molar-refractivity contribution in [3.05, 3.63) is 5.89 Å². The van der Waals surface area contributed by atoms with Crippen molar-refractivity contribution in [1.82, 2.24) is 15.1 Å². The second kappa shape index (κ2) is 7.75. The second-order valence-electron chi connectivity index (χ2n) is 3.67. The topological polar surface area (TPSA) is 101 Å². The Morgan fingerprint density at radius 3 is 2.83 bits per heavy atom. The zero-order chi connectivity index (χ0) is 13.4. The average molecular weight is 258 g/mol. The fourth-order valence-corrected chi connectivity index (χ4v) is 1.34. The van der Waals surface area contributed by atoms with E-state index in [1.54, 1.807) is 18.9 Å². The maximum atomic E-state index is 11.7. The first kappa shape index (κ1) is 14.6. The number of nitrogens with one attached hydrogen (secondary N) is 1. The van der Waals surface area contributed by atoms with Crippen molar-refractivity contribution in [3.8, 4) is 0 Å². The minimum atomic E-state index is -0.275. The number of methoxy groups -OCH3 is 1. The van der Waals surface area contributed by atoms with Crippen molar-refractivity contribution >= 4 is 11.9 Å². The van der Waals surface area contributed by atoms with Crippen molar-refractivity contribution in [2.75, 3.05) is 45.3 Å². The first-order valence-electron chi connectivity index (χ1n) is 5.57. The van der Waals surface area contributed by atoms with Crippen molar-refractivity contribution < 1.29 is 19.1 Å². The molecule has 0 fully saturated rings. The van der Waals surface area contributed by atoms with Gasteiger partial charge in [-0.25, -0.2) is 0 Å². The lowest BCUT2D eigenvalue weighted by atomic mass is 10.4. The van der Waals surface area contributed by atoms with Crippen LogP contribution in [0.15, 0.2) is 4.42 Å². The maximum absolute atomic E-state index is 11.7. The highest BCUT2D eigenvalue weighted by Gasteiger charge is 2.12. The van der Waals surface area contributed by atoms with Gasteiger partial charge in [0.2, 0.25) is 11.8 Å². The molecule has 1 aromatic heterocycles. The predicted molar refractivity (Wildman–Crippen MR) is 63.1 cm³/mol. The molecule has 0 spiro atoms. The summed E-state index contributed by atoms with van der Waals surface area (Å²) >= 11 is 0. The molecule has 18 heavy (non-hydrogen) atoms. The normalized spacial score (nSPS) is 10.9. The summed E-state index contributed by atoms with van der Waals surface area (Å²) in [6.45, 7) is 3.21. The number of nitrogens with zero attached hydrogens (tertiary/aromatic N) is 3. The van der Waals surface area contributed by atoms with Crippen molar-refractivity contribution in [2.24, 2.45) is 0 Å². The van der Waals surface area contributed by atoms with Gasteiger partial charge in [0.25, 0.3) is 0 Å². The summed E-state index contributed by atoms with van der Waals surface area (Å²) in [5, 5.41) is 18.6. The molecule has 8 heteroatoms. The lowest BCUT2D eigenvalue weighted by Crippen LogP contribution is -2.37. The molecule has 0 aliphatic rings.